The molecule has 0 aromatic heterocycles. The Morgan fingerprint density at radius 2 is 1.84 bits per heavy atom. The Morgan fingerprint density at radius 3 is 2.64 bits per heavy atom. The minimum atomic E-state index is -0.604. The van der Waals surface area contributed by atoms with Gasteiger partial charge in [0, 0.05) is 10.5 Å². The number of hydrogen-bond acceptors (Lipinski definition) is 5. The van der Waals surface area contributed by atoms with E-state index in [9.17, 15) is 14.4 Å². The SMILES string of the molecule is O=C(C[C@H]1Sc2ccccc2NC1=O)OCC(=O)c1ccccc1Cl. The van der Waals surface area contributed by atoms with Crippen LogP contribution in [0.15, 0.2) is 53.4 Å². The van der Waals surface area contributed by atoms with Crippen molar-refractivity contribution < 1.29 is 19.1 Å². The predicted molar refractivity (Wildman–Crippen MR) is 96.1 cm³/mol. The van der Waals surface area contributed by atoms with Gasteiger partial charge in [-0.15, -0.1) is 11.8 Å². The molecular weight excluding hydrogens is 362 g/mol. The van der Waals surface area contributed by atoms with Crippen molar-refractivity contribution in [3.8, 4) is 0 Å². The molecule has 0 aliphatic carbocycles. The first-order valence-corrected chi connectivity index (χ1v) is 8.80. The lowest BCUT2D eigenvalue weighted by Gasteiger charge is -2.23. The summed E-state index contributed by atoms with van der Waals surface area (Å²) >= 11 is 7.25. The molecule has 5 nitrogen and oxygen atoms in total. The van der Waals surface area contributed by atoms with Gasteiger partial charge in [-0.1, -0.05) is 35.9 Å². The van der Waals surface area contributed by atoms with Crippen molar-refractivity contribution in [1.29, 1.82) is 0 Å². The molecule has 0 saturated heterocycles. The van der Waals surface area contributed by atoms with Crippen LogP contribution in [0, 0.1) is 0 Å². The van der Waals surface area contributed by atoms with Gasteiger partial charge < -0.3 is 10.1 Å². The Kier molecular flexibility index (Phi) is 5.40. The first kappa shape index (κ1) is 17.5. The molecule has 7 heteroatoms. The van der Waals surface area contributed by atoms with Gasteiger partial charge in [0.05, 0.1) is 22.4 Å². The maximum Gasteiger partial charge on any atom is 0.307 e. The second-order valence-corrected chi connectivity index (χ2v) is 7.01. The summed E-state index contributed by atoms with van der Waals surface area (Å²) in [6, 6.07) is 13.9. The number of Topliss-reactive ketones (excluding diaryl/α,β-unsaturated/α-hetero) is 1. The second-order valence-electron chi connectivity index (χ2n) is 5.36. The molecule has 25 heavy (non-hydrogen) atoms. The minimum absolute atomic E-state index is 0.110. The van der Waals surface area contributed by atoms with E-state index in [1.54, 1.807) is 30.3 Å². The van der Waals surface area contributed by atoms with Gasteiger partial charge in [-0.3, -0.25) is 14.4 Å². The van der Waals surface area contributed by atoms with Gasteiger partial charge in [-0.05, 0) is 24.3 Å². The summed E-state index contributed by atoms with van der Waals surface area (Å²) in [5.41, 5.74) is 1.03. The Hall–Kier alpha value is -2.31. The van der Waals surface area contributed by atoms with Crippen molar-refractivity contribution in [3.63, 3.8) is 0 Å². The number of anilines is 1. The molecule has 0 radical (unpaired) electrons. The molecule has 0 unspecified atom stereocenters. The van der Waals surface area contributed by atoms with E-state index < -0.39 is 17.8 Å². The monoisotopic (exact) mass is 375 g/mol. The normalized spacial score (nSPS) is 15.9. The molecule has 1 amide bonds. The smallest absolute Gasteiger partial charge is 0.307 e. The lowest BCUT2D eigenvalue weighted by molar-refractivity contribution is -0.143. The van der Waals surface area contributed by atoms with Crippen LogP contribution in [0.1, 0.15) is 16.8 Å². The second kappa shape index (κ2) is 7.72. The topological polar surface area (TPSA) is 72.5 Å². The number of carbonyl (C=O) groups excluding carboxylic acids is 3. The van der Waals surface area contributed by atoms with Gasteiger partial charge in [0.25, 0.3) is 0 Å². The third-order valence-corrected chi connectivity index (χ3v) is 5.20. The number of hydrogen-bond donors (Lipinski definition) is 1. The fourth-order valence-electron chi connectivity index (χ4n) is 2.35. The Morgan fingerprint density at radius 1 is 1.12 bits per heavy atom. The summed E-state index contributed by atoms with van der Waals surface area (Å²) in [6.07, 6.45) is -0.110. The van der Waals surface area contributed by atoms with Crippen molar-refractivity contribution in [2.45, 2.75) is 16.6 Å². The Balaban J connectivity index is 1.56. The van der Waals surface area contributed by atoms with E-state index in [-0.39, 0.29) is 18.1 Å². The fourth-order valence-corrected chi connectivity index (χ4v) is 3.68. The average molecular weight is 376 g/mol. The van der Waals surface area contributed by atoms with Crippen LogP contribution in [0.3, 0.4) is 0 Å². The first-order chi connectivity index (χ1) is 12.0. The van der Waals surface area contributed by atoms with Crippen LogP contribution in [-0.4, -0.2) is 29.5 Å². The van der Waals surface area contributed by atoms with E-state index in [0.29, 0.717) is 10.6 Å². The highest BCUT2D eigenvalue weighted by molar-refractivity contribution is 8.01. The number of benzene rings is 2. The number of amides is 1. The maximum absolute atomic E-state index is 12.1. The van der Waals surface area contributed by atoms with Gasteiger partial charge in [-0.25, -0.2) is 0 Å². The fraction of sp³-hybridized carbons (Fsp3) is 0.167. The summed E-state index contributed by atoms with van der Waals surface area (Å²) < 4.78 is 5.01. The highest BCUT2D eigenvalue weighted by atomic mass is 35.5. The van der Waals surface area contributed by atoms with Crippen molar-refractivity contribution >= 4 is 46.7 Å². The molecule has 0 bridgehead atoms. The van der Waals surface area contributed by atoms with Crippen molar-refractivity contribution in [2.75, 3.05) is 11.9 Å². The predicted octanol–water partition coefficient (Wildman–Crippen LogP) is 3.57. The maximum atomic E-state index is 12.1. The molecule has 128 valence electrons. The van der Waals surface area contributed by atoms with Crippen LogP contribution >= 0.6 is 23.4 Å². The molecule has 3 rings (SSSR count). The van der Waals surface area contributed by atoms with E-state index in [1.807, 2.05) is 18.2 Å². The third-order valence-electron chi connectivity index (χ3n) is 3.60. The first-order valence-electron chi connectivity index (χ1n) is 7.54. The van der Waals surface area contributed by atoms with E-state index in [0.717, 1.165) is 10.6 Å². The summed E-state index contributed by atoms with van der Waals surface area (Å²) in [6.45, 7) is -0.405. The lowest BCUT2D eigenvalue weighted by Crippen LogP contribution is -2.31. The van der Waals surface area contributed by atoms with E-state index >= 15 is 0 Å². The van der Waals surface area contributed by atoms with Crippen molar-refractivity contribution in [1.82, 2.24) is 0 Å². The van der Waals surface area contributed by atoms with Gasteiger partial charge in [0.2, 0.25) is 11.7 Å². The highest BCUT2D eigenvalue weighted by Crippen LogP contribution is 2.36. The lowest BCUT2D eigenvalue weighted by atomic mass is 10.1. The molecule has 1 aliphatic rings. The van der Waals surface area contributed by atoms with Crippen molar-refractivity contribution in [2.24, 2.45) is 0 Å². The van der Waals surface area contributed by atoms with Crippen LogP contribution in [0.25, 0.3) is 0 Å². The number of ketones is 1. The molecule has 2 aromatic rings. The largest absolute Gasteiger partial charge is 0.457 e. The molecular formula is C18H14ClNO4S. The van der Waals surface area contributed by atoms with Gasteiger partial charge in [0.15, 0.2) is 6.61 Å². The van der Waals surface area contributed by atoms with Gasteiger partial charge in [0.1, 0.15) is 0 Å². The van der Waals surface area contributed by atoms with Gasteiger partial charge in [-0.2, -0.15) is 0 Å². The summed E-state index contributed by atoms with van der Waals surface area (Å²) in [7, 11) is 0. The molecule has 1 atom stereocenters. The molecule has 1 heterocycles. The van der Waals surface area contributed by atoms with E-state index in [4.69, 9.17) is 16.3 Å². The summed E-state index contributed by atoms with van der Waals surface area (Å²) in [5.74, 6) is -1.24. The molecule has 1 aliphatic heterocycles. The van der Waals surface area contributed by atoms with Crippen LogP contribution in [-0.2, 0) is 14.3 Å². The van der Waals surface area contributed by atoms with Gasteiger partial charge >= 0.3 is 5.97 Å². The van der Waals surface area contributed by atoms with Crippen LogP contribution in [0.2, 0.25) is 5.02 Å². The average Bonchev–Trinajstić information content (AvgIpc) is 2.61. The molecule has 0 spiro atoms. The number of halogens is 1. The number of carbonyl (C=O) groups is 3. The molecule has 0 saturated carbocycles. The van der Waals surface area contributed by atoms with Crippen LogP contribution in [0.5, 0.6) is 0 Å². The zero-order valence-electron chi connectivity index (χ0n) is 13.0. The summed E-state index contributed by atoms with van der Waals surface area (Å²) in [4.78, 5) is 37.0. The number of ether oxygens (including phenoxy) is 1. The summed E-state index contributed by atoms with van der Waals surface area (Å²) in [5, 5.41) is 2.48. The van der Waals surface area contributed by atoms with Crippen LogP contribution in [0.4, 0.5) is 5.69 Å². The number of esters is 1. The quantitative estimate of drug-likeness (QED) is 0.639. The zero-order chi connectivity index (χ0) is 17.8. The Bertz CT molecular complexity index is 839. The minimum Gasteiger partial charge on any atom is -0.457 e. The van der Waals surface area contributed by atoms with E-state index in [1.165, 1.54) is 11.8 Å². The molecule has 1 N–H and O–H groups in total. The zero-order valence-corrected chi connectivity index (χ0v) is 14.6. The van der Waals surface area contributed by atoms with E-state index in [2.05, 4.69) is 5.32 Å². The number of nitrogens with one attached hydrogen (secondary N) is 1. The highest BCUT2D eigenvalue weighted by Gasteiger charge is 2.29. The van der Waals surface area contributed by atoms with Crippen LogP contribution < -0.4 is 5.32 Å². The number of fused-ring (bicyclic) bond motifs is 1. The molecule has 2 aromatic carbocycles. The number of thioether (sulfide) groups is 1. The third kappa shape index (κ3) is 4.21. The Labute approximate surface area is 153 Å². The number of rotatable bonds is 5. The number of para-hydroxylation sites is 1. The molecule has 0 fully saturated rings. The standard InChI is InChI=1S/C18H14ClNO4S/c19-12-6-2-1-5-11(12)14(21)10-24-17(22)9-16-18(23)20-13-7-3-4-8-15(13)25-16/h1-8,16H,9-10H2,(H,20,23)/t16-/m1/s1. The van der Waals surface area contributed by atoms with Crippen molar-refractivity contribution in [3.05, 3.63) is 59.1 Å².